The molecule has 136 valence electrons. The van der Waals surface area contributed by atoms with Crippen molar-refractivity contribution in [2.45, 2.75) is 51.7 Å². The number of rotatable bonds is 4. The van der Waals surface area contributed by atoms with Crippen LogP contribution in [0.4, 0.5) is 0 Å². The van der Waals surface area contributed by atoms with Crippen LogP contribution in [0, 0.1) is 13.8 Å². The normalized spacial score (nSPS) is 15.1. The van der Waals surface area contributed by atoms with Gasteiger partial charge in [0.1, 0.15) is 0 Å². The molecule has 7 nitrogen and oxygen atoms in total. The Morgan fingerprint density at radius 3 is 2.72 bits per heavy atom. The number of hydrogen-bond donors (Lipinski definition) is 1. The molecule has 25 heavy (non-hydrogen) atoms. The summed E-state index contributed by atoms with van der Waals surface area (Å²) in [7, 11) is -3.55. The highest BCUT2D eigenvalue weighted by Crippen LogP contribution is 2.25. The van der Waals surface area contributed by atoms with Gasteiger partial charge in [0.2, 0.25) is 15.9 Å². The van der Waals surface area contributed by atoms with Gasteiger partial charge in [-0.25, -0.2) is 13.1 Å². The Balaban J connectivity index is 1.74. The number of aromatic nitrogens is 2. The van der Waals surface area contributed by atoms with Gasteiger partial charge in [-0.3, -0.25) is 9.48 Å². The average Bonchev–Trinajstić information content (AvgIpc) is 3.01. The van der Waals surface area contributed by atoms with E-state index in [1.165, 1.54) is 11.3 Å². The summed E-state index contributed by atoms with van der Waals surface area (Å²) in [4.78, 5) is 15.5. The summed E-state index contributed by atoms with van der Waals surface area (Å²) < 4.78 is 29.5. The number of nitrogens with zero attached hydrogens (tertiary/aromatic N) is 3. The van der Waals surface area contributed by atoms with E-state index in [0.29, 0.717) is 17.1 Å². The summed E-state index contributed by atoms with van der Waals surface area (Å²) in [6, 6.07) is 3.56. The van der Waals surface area contributed by atoms with Gasteiger partial charge in [-0.2, -0.15) is 5.10 Å². The van der Waals surface area contributed by atoms with Crippen molar-refractivity contribution < 1.29 is 13.2 Å². The maximum atomic E-state index is 12.5. The van der Waals surface area contributed by atoms with Crippen molar-refractivity contribution in [1.82, 2.24) is 19.4 Å². The van der Waals surface area contributed by atoms with Gasteiger partial charge in [0.05, 0.1) is 29.4 Å². The number of hydrogen-bond acceptors (Lipinski definition) is 5. The molecule has 0 atom stereocenters. The van der Waals surface area contributed by atoms with Crippen LogP contribution < -0.4 is 4.72 Å². The van der Waals surface area contributed by atoms with E-state index in [0.717, 1.165) is 35.0 Å². The number of thiophene rings is 1. The molecule has 0 aliphatic carbocycles. The fraction of sp³-hybridized carbons (Fsp3) is 0.500. The Labute approximate surface area is 151 Å². The molecule has 1 N–H and O–H groups in total. The van der Waals surface area contributed by atoms with Crippen LogP contribution in [-0.4, -0.2) is 35.6 Å². The molecule has 0 aromatic carbocycles. The van der Waals surface area contributed by atoms with Crippen LogP contribution in [0.5, 0.6) is 0 Å². The van der Waals surface area contributed by atoms with E-state index in [2.05, 4.69) is 9.82 Å². The highest BCUT2D eigenvalue weighted by molar-refractivity contribution is 7.89. The number of sulfonamides is 1. The standard InChI is InChI=1S/C16H22N4O3S2/c1-11-7-16(12(2)24-11)25(22,23)17-9-14-8-15-10-19(13(3)21)5-4-6-20(15)18-14/h7-8,17H,4-6,9-10H2,1-3H3. The number of nitrogens with one attached hydrogen (secondary N) is 1. The molecule has 1 aliphatic heterocycles. The number of carbonyl (C=O) groups is 1. The Morgan fingerprint density at radius 2 is 2.08 bits per heavy atom. The van der Waals surface area contributed by atoms with Gasteiger partial charge in [0.25, 0.3) is 0 Å². The van der Waals surface area contributed by atoms with E-state index in [-0.39, 0.29) is 12.5 Å². The third-order valence-electron chi connectivity index (χ3n) is 4.24. The van der Waals surface area contributed by atoms with Crippen molar-refractivity contribution in [3.05, 3.63) is 33.3 Å². The zero-order chi connectivity index (χ0) is 18.2. The largest absolute Gasteiger partial charge is 0.337 e. The maximum Gasteiger partial charge on any atom is 0.242 e. The summed E-state index contributed by atoms with van der Waals surface area (Å²) in [6.45, 7) is 7.36. The Kier molecular flexibility index (Phi) is 4.99. The lowest BCUT2D eigenvalue weighted by Crippen LogP contribution is -2.28. The van der Waals surface area contributed by atoms with E-state index >= 15 is 0 Å². The second-order valence-corrected chi connectivity index (χ2v) is 9.44. The molecule has 1 amide bonds. The van der Waals surface area contributed by atoms with Gasteiger partial charge < -0.3 is 4.90 Å². The molecule has 0 saturated heterocycles. The van der Waals surface area contributed by atoms with Gasteiger partial charge in [0.15, 0.2) is 0 Å². The van der Waals surface area contributed by atoms with Crippen LogP contribution in [0.15, 0.2) is 17.0 Å². The number of aryl methyl sites for hydroxylation is 3. The molecule has 0 spiro atoms. The van der Waals surface area contributed by atoms with Gasteiger partial charge in [0, 0.05) is 29.8 Å². The van der Waals surface area contributed by atoms with Crippen molar-refractivity contribution in [3.63, 3.8) is 0 Å². The molecule has 1 aliphatic rings. The molecule has 0 saturated carbocycles. The SMILES string of the molecule is CC(=O)N1CCCn2nc(CNS(=O)(=O)c3cc(C)sc3C)cc2C1. The van der Waals surface area contributed by atoms with Crippen molar-refractivity contribution >= 4 is 27.3 Å². The molecule has 0 radical (unpaired) electrons. The highest BCUT2D eigenvalue weighted by atomic mass is 32.2. The molecule has 3 heterocycles. The minimum Gasteiger partial charge on any atom is -0.337 e. The fourth-order valence-corrected chi connectivity index (χ4v) is 5.55. The van der Waals surface area contributed by atoms with Crippen LogP contribution in [0.3, 0.4) is 0 Å². The van der Waals surface area contributed by atoms with E-state index in [1.54, 1.807) is 24.8 Å². The molecular weight excluding hydrogens is 360 g/mol. The summed E-state index contributed by atoms with van der Waals surface area (Å²) >= 11 is 1.47. The van der Waals surface area contributed by atoms with E-state index in [9.17, 15) is 13.2 Å². The zero-order valence-electron chi connectivity index (χ0n) is 14.6. The van der Waals surface area contributed by atoms with Gasteiger partial charge in [-0.05, 0) is 32.4 Å². The molecule has 0 fully saturated rings. The van der Waals surface area contributed by atoms with Crippen LogP contribution in [0.2, 0.25) is 0 Å². The third kappa shape index (κ3) is 3.94. The van der Waals surface area contributed by atoms with Crippen molar-refractivity contribution in [3.8, 4) is 0 Å². The second kappa shape index (κ2) is 6.89. The van der Waals surface area contributed by atoms with E-state index < -0.39 is 10.0 Å². The first-order valence-electron chi connectivity index (χ1n) is 8.14. The predicted octanol–water partition coefficient (Wildman–Crippen LogP) is 1.79. The molecule has 3 rings (SSSR count). The molecule has 0 bridgehead atoms. The van der Waals surface area contributed by atoms with Gasteiger partial charge >= 0.3 is 0 Å². The smallest absolute Gasteiger partial charge is 0.242 e. The average molecular weight is 383 g/mol. The zero-order valence-corrected chi connectivity index (χ0v) is 16.2. The second-order valence-electron chi connectivity index (χ2n) is 6.25. The van der Waals surface area contributed by atoms with Crippen LogP contribution >= 0.6 is 11.3 Å². The number of carbonyl (C=O) groups excluding carboxylic acids is 1. The molecule has 2 aromatic heterocycles. The lowest BCUT2D eigenvalue weighted by Gasteiger charge is -2.17. The maximum absolute atomic E-state index is 12.5. The Hall–Kier alpha value is -1.71. The highest BCUT2D eigenvalue weighted by Gasteiger charge is 2.21. The Morgan fingerprint density at radius 1 is 1.32 bits per heavy atom. The van der Waals surface area contributed by atoms with E-state index in [4.69, 9.17) is 0 Å². The van der Waals surface area contributed by atoms with Crippen molar-refractivity contribution in [2.75, 3.05) is 6.54 Å². The summed E-state index contributed by atoms with van der Waals surface area (Å²) in [5, 5.41) is 4.48. The fourth-order valence-electron chi connectivity index (χ4n) is 3.00. The topological polar surface area (TPSA) is 84.3 Å². The molecule has 2 aromatic rings. The summed E-state index contributed by atoms with van der Waals surface area (Å²) in [5.74, 6) is 0.0419. The van der Waals surface area contributed by atoms with Crippen LogP contribution in [0.1, 0.15) is 34.5 Å². The monoisotopic (exact) mass is 382 g/mol. The minimum atomic E-state index is -3.55. The number of fused-ring (bicyclic) bond motifs is 1. The summed E-state index contributed by atoms with van der Waals surface area (Å²) in [5.41, 5.74) is 1.60. The quantitative estimate of drug-likeness (QED) is 0.874. The molecule has 9 heteroatoms. The van der Waals surface area contributed by atoms with Gasteiger partial charge in [-0.15, -0.1) is 11.3 Å². The molecular formula is C16H22N4O3S2. The third-order valence-corrected chi connectivity index (χ3v) is 6.86. The van der Waals surface area contributed by atoms with Crippen LogP contribution in [-0.2, 0) is 34.5 Å². The lowest BCUT2D eigenvalue weighted by molar-refractivity contribution is -0.129. The van der Waals surface area contributed by atoms with Crippen molar-refractivity contribution in [2.24, 2.45) is 0 Å². The van der Waals surface area contributed by atoms with Gasteiger partial charge in [-0.1, -0.05) is 0 Å². The Bertz CT molecular complexity index is 899. The van der Waals surface area contributed by atoms with E-state index in [1.807, 2.05) is 17.7 Å². The van der Waals surface area contributed by atoms with Crippen molar-refractivity contribution in [1.29, 1.82) is 0 Å². The van der Waals surface area contributed by atoms with Crippen LogP contribution in [0.25, 0.3) is 0 Å². The first-order valence-corrected chi connectivity index (χ1v) is 10.4. The first-order chi connectivity index (χ1) is 11.8. The summed E-state index contributed by atoms with van der Waals surface area (Å²) in [6.07, 6.45) is 0.840. The predicted molar refractivity (Wildman–Crippen MR) is 95.8 cm³/mol. The number of amides is 1. The first kappa shape index (κ1) is 18.1. The minimum absolute atomic E-state index is 0.0419. The lowest BCUT2D eigenvalue weighted by atomic mass is 10.3. The molecule has 0 unspecified atom stereocenters.